The summed E-state index contributed by atoms with van der Waals surface area (Å²) < 4.78 is 0. The number of ketones is 2. The Morgan fingerprint density at radius 3 is 2.49 bits per heavy atom. The molecule has 0 saturated heterocycles. The summed E-state index contributed by atoms with van der Waals surface area (Å²) >= 11 is 0. The predicted octanol–water partition coefficient (Wildman–Crippen LogP) is 1.29. The van der Waals surface area contributed by atoms with E-state index in [-0.39, 0.29) is 23.3 Å². The summed E-state index contributed by atoms with van der Waals surface area (Å²) in [6.45, 7) is 4.01. The van der Waals surface area contributed by atoms with Gasteiger partial charge in [-0.05, 0) is 56.8 Å². The molecule has 0 spiro atoms. The van der Waals surface area contributed by atoms with Crippen molar-refractivity contribution in [1.29, 1.82) is 0 Å². The second kappa shape index (κ2) is 9.62. The maximum atomic E-state index is 14.0. The maximum Gasteiger partial charge on any atom is 0.255 e. The summed E-state index contributed by atoms with van der Waals surface area (Å²) in [6.07, 6.45) is 6.10. The summed E-state index contributed by atoms with van der Waals surface area (Å²) in [4.78, 5) is 43.0. The zero-order chi connectivity index (χ0) is 28.4. The SMILES string of the molecule is CCc1cc(CN2CC=CCC2)c(O)c2c1C[C@H]1C[C@H]3[C@@H](N(C)C)C(=O)C(C(N)=O)=C(O)[C@@]3(O)C(=O)C1=C2O. The Hall–Kier alpha value is -3.47. The Morgan fingerprint density at radius 1 is 1.18 bits per heavy atom. The largest absolute Gasteiger partial charge is 0.508 e. The van der Waals surface area contributed by atoms with Crippen LogP contribution in [0.2, 0.25) is 0 Å². The number of aryl methyl sites for hydroxylation is 1. The zero-order valence-electron chi connectivity index (χ0n) is 22.4. The molecule has 1 aliphatic heterocycles. The number of fused-ring (bicyclic) bond motifs is 3. The highest BCUT2D eigenvalue weighted by Gasteiger charge is 2.64. The normalized spacial score (nSPS) is 29.0. The van der Waals surface area contributed by atoms with Crippen molar-refractivity contribution in [3.8, 4) is 5.75 Å². The number of hydrogen-bond acceptors (Lipinski definition) is 9. The number of primary amides is 1. The lowest BCUT2D eigenvalue weighted by Gasteiger charge is -2.50. The number of rotatable bonds is 5. The molecule has 0 radical (unpaired) electrons. The molecule has 1 fully saturated rings. The van der Waals surface area contributed by atoms with Crippen LogP contribution in [-0.4, -0.2) is 86.5 Å². The number of carbonyl (C=O) groups excluding carboxylic acids is 3. The first-order valence-corrected chi connectivity index (χ1v) is 13.3. The molecule has 4 aliphatic rings. The van der Waals surface area contributed by atoms with E-state index in [4.69, 9.17) is 5.73 Å². The highest BCUT2D eigenvalue weighted by Crippen LogP contribution is 2.53. The van der Waals surface area contributed by atoms with Gasteiger partial charge in [0.1, 0.15) is 22.8 Å². The molecule has 0 bridgehead atoms. The molecule has 1 amide bonds. The molecule has 0 aromatic heterocycles. The number of amides is 1. The Morgan fingerprint density at radius 2 is 1.90 bits per heavy atom. The number of aliphatic hydroxyl groups is 3. The first kappa shape index (κ1) is 27.1. The van der Waals surface area contributed by atoms with E-state index in [0.717, 1.165) is 30.6 Å². The van der Waals surface area contributed by atoms with E-state index in [1.165, 1.54) is 4.90 Å². The van der Waals surface area contributed by atoms with Crippen LogP contribution in [0.5, 0.6) is 5.75 Å². The summed E-state index contributed by atoms with van der Waals surface area (Å²) in [7, 11) is 3.17. The van der Waals surface area contributed by atoms with E-state index in [0.29, 0.717) is 24.9 Å². The van der Waals surface area contributed by atoms with Gasteiger partial charge < -0.3 is 26.2 Å². The number of carbonyl (C=O) groups is 3. The van der Waals surface area contributed by atoms with E-state index in [1.807, 2.05) is 13.0 Å². The van der Waals surface area contributed by atoms with Crippen molar-refractivity contribution in [2.45, 2.75) is 50.8 Å². The highest BCUT2D eigenvalue weighted by molar-refractivity contribution is 6.24. The van der Waals surface area contributed by atoms with Gasteiger partial charge in [-0.15, -0.1) is 0 Å². The number of benzene rings is 1. The lowest BCUT2D eigenvalue weighted by atomic mass is 9.57. The zero-order valence-corrected chi connectivity index (χ0v) is 22.4. The molecule has 1 heterocycles. The van der Waals surface area contributed by atoms with Crippen LogP contribution < -0.4 is 5.73 Å². The second-order valence-electron chi connectivity index (χ2n) is 11.2. The van der Waals surface area contributed by atoms with Crippen molar-refractivity contribution in [3.63, 3.8) is 0 Å². The molecule has 3 aliphatic carbocycles. The fourth-order valence-electron chi connectivity index (χ4n) is 6.96. The van der Waals surface area contributed by atoms with Crippen LogP contribution in [-0.2, 0) is 33.8 Å². The molecule has 10 nitrogen and oxygen atoms in total. The first-order valence-electron chi connectivity index (χ1n) is 13.3. The van der Waals surface area contributed by atoms with Crippen LogP contribution in [0, 0.1) is 11.8 Å². The van der Waals surface area contributed by atoms with Gasteiger partial charge in [0, 0.05) is 36.7 Å². The number of aliphatic hydroxyl groups excluding tert-OH is 2. The van der Waals surface area contributed by atoms with Crippen molar-refractivity contribution in [1.82, 2.24) is 9.80 Å². The first-order chi connectivity index (χ1) is 18.4. The number of nitrogens with zero attached hydrogens (tertiary/aromatic N) is 2. The molecule has 1 aromatic rings. The van der Waals surface area contributed by atoms with Gasteiger partial charge in [0.2, 0.25) is 5.78 Å². The molecule has 1 saturated carbocycles. The smallest absolute Gasteiger partial charge is 0.255 e. The maximum absolute atomic E-state index is 14.0. The van der Waals surface area contributed by atoms with Gasteiger partial charge in [-0.3, -0.25) is 24.2 Å². The number of phenols is 1. The number of phenolic OH excluding ortho intramolecular Hbond substituents is 1. The molecule has 1 aromatic carbocycles. The number of Topliss-reactive ketones (excluding diaryl/α,β-unsaturated/α-hetero) is 2. The highest BCUT2D eigenvalue weighted by atomic mass is 16.3. The van der Waals surface area contributed by atoms with E-state index < -0.39 is 58.0 Å². The molecule has 6 N–H and O–H groups in total. The van der Waals surface area contributed by atoms with Crippen LogP contribution in [0.4, 0.5) is 0 Å². The number of hydrogen-bond donors (Lipinski definition) is 5. The van der Waals surface area contributed by atoms with Crippen molar-refractivity contribution in [3.05, 3.63) is 57.4 Å². The lowest BCUT2D eigenvalue weighted by Crippen LogP contribution is -2.65. The quantitative estimate of drug-likeness (QED) is 0.275. The van der Waals surface area contributed by atoms with Gasteiger partial charge in [0.05, 0.1) is 11.6 Å². The standard InChI is InChI=1S/C29H35N3O7/c1-4-14-10-16(13-32-8-6-5-7-9-32)23(33)20-17(14)11-15-12-18-22(31(2)3)25(35)21(28(30)38)27(37)29(18,39)26(36)19(15)24(20)34/h5-6,10,15,18,22,33-34,37,39H,4,7-9,11-13H2,1-3H3,(H2,30,38)/t15-,18-,22+,29-/m0/s1. The second-order valence-corrected chi connectivity index (χ2v) is 11.2. The molecular formula is C29H35N3O7. The van der Waals surface area contributed by atoms with Crippen LogP contribution in [0.3, 0.4) is 0 Å². The molecule has 0 unspecified atom stereocenters. The summed E-state index contributed by atoms with van der Waals surface area (Å²) in [5.41, 5.74) is 4.26. The fraction of sp³-hybridized carbons (Fsp3) is 0.483. The monoisotopic (exact) mass is 537 g/mol. The summed E-state index contributed by atoms with van der Waals surface area (Å²) in [5, 5.41) is 45.6. The van der Waals surface area contributed by atoms with E-state index >= 15 is 0 Å². The summed E-state index contributed by atoms with van der Waals surface area (Å²) in [6, 6.07) is 0.856. The average Bonchev–Trinajstić information content (AvgIpc) is 2.88. The minimum absolute atomic E-state index is 0.0809. The van der Waals surface area contributed by atoms with Crippen LogP contribution >= 0.6 is 0 Å². The van der Waals surface area contributed by atoms with Crippen molar-refractivity contribution in [2.75, 3.05) is 27.2 Å². The number of nitrogens with two attached hydrogens (primary N) is 1. The molecule has 4 atom stereocenters. The Balaban J connectivity index is 1.68. The van der Waals surface area contributed by atoms with Crippen LogP contribution in [0.1, 0.15) is 42.0 Å². The van der Waals surface area contributed by atoms with Crippen LogP contribution in [0.15, 0.2) is 35.1 Å². The van der Waals surface area contributed by atoms with E-state index in [1.54, 1.807) is 14.1 Å². The third-order valence-corrected chi connectivity index (χ3v) is 8.81. The van der Waals surface area contributed by atoms with E-state index in [9.17, 15) is 34.8 Å². The van der Waals surface area contributed by atoms with Crippen molar-refractivity contribution >= 4 is 23.2 Å². The lowest BCUT2D eigenvalue weighted by molar-refractivity contribution is -0.153. The molecule has 39 heavy (non-hydrogen) atoms. The Bertz CT molecular complexity index is 1380. The fourth-order valence-corrected chi connectivity index (χ4v) is 6.96. The number of aromatic hydroxyl groups is 1. The number of likely N-dealkylation sites (N-methyl/N-ethyl adjacent to an activating group) is 1. The van der Waals surface area contributed by atoms with E-state index in [2.05, 4.69) is 17.1 Å². The molecule has 208 valence electrons. The van der Waals surface area contributed by atoms with Gasteiger partial charge in [0.25, 0.3) is 5.91 Å². The molecular weight excluding hydrogens is 502 g/mol. The van der Waals surface area contributed by atoms with Gasteiger partial charge in [-0.2, -0.15) is 0 Å². The third kappa shape index (κ3) is 3.92. The summed E-state index contributed by atoms with van der Waals surface area (Å²) in [5.74, 6) is -6.30. The third-order valence-electron chi connectivity index (χ3n) is 8.81. The van der Waals surface area contributed by atoms with Crippen molar-refractivity contribution in [2.24, 2.45) is 17.6 Å². The molecule has 10 heteroatoms. The predicted molar refractivity (Wildman–Crippen MR) is 143 cm³/mol. The topological polar surface area (TPSA) is 165 Å². The Labute approximate surface area is 226 Å². The van der Waals surface area contributed by atoms with Crippen LogP contribution in [0.25, 0.3) is 5.76 Å². The minimum Gasteiger partial charge on any atom is -0.508 e. The van der Waals surface area contributed by atoms with Crippen molar-refractivity contribution < 1.29 is 34.8 Å². The average molecular weight is 538 g/mol. The molecule has 5 rings (SSSR count). The van der Waals surface area contributed by atoms with Gasteiger partial charge in [-0.25, -0.2) is 0 Å². The Kier molecular flexibility index (Phi) is 6.69. The van der Waals surface area contributed by atoms with Gasteiger partial charge in [0.15, 0.2) is 11.4 Å². The van der Waals surface area contributed by atoms with Gasteiger partial charge >= 0.3 is 0 Å². The minimum atomic E-state index is -2.63. The van der Waals surface area contributed by atoms with Gasteiger partial charge in [-0.1, -0.05) is 25.1 Å².